The van der Waals surface area contributed by atoms with Gasteiger partial charge in [-0.1, -0.05) is 35.9 Å². The van der Waals surface area contributed by atoms with Gasteiger partial charge in [0.1, 0.15) is 11.3 Å². The SMILES string of the molecule is Cc1ccc(-c2cc3c(nc(C)n3C3CCS(=O)(=O)C3)c(C(=O)NCc3cccnc3)n2)cc1. The Morgan fingerprint density at radius 1 is 1.15 bits per heavy atom. The fraction of sp³-hybridized carbons (Fsp3) is 0.280. The molecule has 1 aromatic carbocycles. The van der Waals surface area contributed by atoms with Crippen LogP contribution in [0.2, 0.25) is 0 Å². The molecule has 0 aliphatic carbocycles. The van der Waals surface area contributed by atoms with E-state index in [0.717, 1.165) is 22.2 Å². The summed E-state index contributed by atoms with van der Waals surface area (Å²) < 4.78 is 26.3. The normalized spacial score (nSPS) is 17.2. The molecule has 1 unspecified atom stereocenters. The van der Waals surface area contributed by atoms with Gasteiger partial charge in [-0.3, -0.25) is 9.78 Å². The summed E-state index contributed by atoms with van der Waals surface area (Å²) in [5.41, 5.74) is 4.92. The molecule has 1 fully saturated rings. The predicted octanol–water partition coefficient (Wildman–Crippen LogP) is 3.40. The summed E-state index contributed by atoms with van der Waals surface area (Å²) in [6, 6.07) is 13.3. The Bertz CT molecular complexity index is 1480. The van der Waals surface area contributed by atoms with Crippen LogP contribution in [0.15, 0.2) is 54.9 Å². The van der Waals surface area contributed by atoms with Crippen molar-refractivity contribution in [2.24, 2.45) is 0 Å². The number of hydrogen-bond acceptors (Lipinski definition) is 6. The van der Waals surface area contributed by atoms with Crippen molar-refractivity contribution in [1.29, 1.82) is 0 Å². The lowest BCUT2D eigenvalue weighted by Crippen LogP contribution is -2.24. The number of aryl methyl sites for hydroxylation is 2. The second-order valence-corrected chi connectivity index (χ2v) is 10.9. The van der Waals surface area contributed by atoms with Crippen LogP contribution in [0.3, 0.4) is 0 Å². The Morgan fingerprint density at radius 2 is 1.94 bits per heavy atom. The summed E-state index contributed by atoms with van der Waals surface area (Å²) in [4.78, 5) is 26.7. The zero-order valence-corrected chi connectivity index (χ0v) is 19.8. The monoisotopic (exact) mass is 475 g/mol. The molecule has 1 amide bonds. The lowest BCUT2D eigenvalue weighted by atomic mass is 10.1. The molecule has 1 atom stereocenters. The van der Waals surface area contributed by atoms with Crippen molar-refractivity contribution in [2.45, 2.75) is 32.9 Å². The third kappa shape index (κ3) is 4.31. The Labute approximate surface area is 198 Å². The number of amides is 1. The fourth-order valence-electron chi connectivity index (χ4n) is 4.45. The highest BCUT2D eigenvalue weighted by Crippen LogP contribution is 2.32. The number of pyridine rings is 2. The van der Waals surface area contributed by atoms with Crippen molar-refractivity contribution in [1.82, 2.24) is 24.8 Å². The van der Waals surface area contributed by atoms with Crippen LogP contribution in [-0.4, -0.2) is 45.3 Å². The Kier molecular flexibility index (Phi) is 5.65. The highest BCUT2D eigenvalue weighted by molar-refractivity contribution is 7.91. The van der Waals surface area contributed by atoms with Crippen LogP contribution >= 0.6 is 0 Å². The minimum absolute atomic E-state index is 0.0734. The first-order chi connectivity index (χ1) is 16.3. The van der Waals surface area contributed by atoms with Gasteiger partial charge in [-0.2, -0.15) is 0 Å². The van der Waals surface area contributed by atoms with E-state index in [1.165, 1.54) is 0 Å². The molecule has 1 saturated heterocycles. The van der Waals surface area contributed by atoms with Crippen LogP contribution in [-0.2, 0) is 16.4 Å². The van der Waals surface area contributed by atoms with Gasteiger partial charge in [0, 0.05) is 24.5 Å². The van der Waals surface area contributed by atoms with E-state index in [1.54, 1.807) is 12.4 Å². The third-order valence-electron chi connectivity index (χ3n) is 6.17. The van der Waals surface area contributed by atoms with E-state index in [0.29, 0.717) is 30.0 Å². The molecule has 1 aliphatic heterocycles. The smallest absolute Gasteiger partial charge is 0.272 e. The van der Waals surface area contributed by atoms with Crippen LogP contribution in [0.25, 0.3) is 22.3 Å². The first-order valence-corrected chi connectivity index (χ1v) is 13.0. The largest absolute Gasteiger partial charge is 0.346 e. The quantitative estimate of drug-likeness (QED) is 0.474. The van der Waals surface area contributed by atoms with E-state index >= 15 is 0 Å². The summed E-state index contributed by atoms with van der Waals surface area (Å²) in [6.07, 6.45) is 3.91. The number of carbonyl (C=O) groups excluding carboxylic acids is 1. The van der Waals surface area contributed by atoms with Crippen LogP contribution in [0.4, 0.5) is 0 Å². The van der Waals surface area contributed by atoms with Gasteiger partial charge >= 0.3 is 0 Å². The van der Waals surface area contributed by atoms with Crippen molar-refractivity contribution in [3.8, 4) is 11.3 Å². The molecule has 8 nitrogen and oxygen atoms in total. The second kappa shape index (κ2) is 8.64. The Balaban J connectivity index is 1.62. The third-order valence-corrected chi connectivity index (χ3v) is 7.92. The molecule has 0 radical (unpaired) electrons. The minimum atomic E-state index is -3.09. The maximum Gasteiger partial charge on any atom is 0.272 e. The lowest BCUT2D eigenvalue weighted by molar-refractivity contribution is 0.0947. The molecule has 4 heterocycles. The highest BCUT2D eigenvalue weighted by Gasteiger charge is 2.32. The zero-order chi connectivity index (χ0) is 23.9. The number of aromatic nitrogens is 4. The molecule has 0 saturated carbocycles. The number of carbonyl (C=O) groups is 1. The maximum atomic E-state index is 13.3. The average Bonchev–Trinajstić information content (AvgIpc) is 3.35. The molecule has 1 aliphatic rings. The number of sulfone groups is 1. The molecule has 174 valence electrons. The summed E-state index contributed by atoms with van der Waals surface area (Å²) in [5, 5.41) is 2.92. The van der Waals surface area contributed by atoms with E-state index in [1.807, 2.05) is 60.9 Å². The number of rotatable bonds is 5. The predicted molar refractivity (Wildman–Crippen MR) is 130 cm³/mol. The van der Waals surface area contributed by atoms with E-state index in [4.69, 9.17) is 4.98 Å². The van der Waals surface area contributed by atoms with E-state index < -0.39 is 9.84 Å². The number of hydrogen-bond donors (Lipinski definition) is 1. The molecule has 5 rings (SSSR count). The van der Waals surface area contributed by atoms with E-state index in [-0.39, 0.29) is 29.1 Å². The molecular weight excluding hydrogens is 450 g/mol. The fourth-order valence-corrected chi connectivity index (χ4v) is 6.15. The van der Waals surface area contributed by atoms with Gasteiger partial charge in [0.25, 0.3) is 5.91 Å². The van der Waals surface area contributed by atoms with E-state index in [9.17, 15) is 13.2 Å². The Hall–Kier alpha value is -3.59. The standard InChI is InChI=1S/C25H25N5O3S/c1-16-5-7-19(8-6-16)21-12-22-23(28-17(2)30(22)20-9-11-34(32,33)15-20)24(29-21)25(31)27-14-18-4-3-10-26-13-18/h3-8,10,12-13,20H,9,11,14-15H2,1-2H3,(H,27,31). The summed E-state index contributed by atoms with van der Waals surface area (Å²) in [7, 11) is -3.09. The van der Waals surface area contributed by atoms with Crippen LogP contribution in [0.5, 0.6) is 0 Å². The van der Waals surface area contributed by atoms with Gasteiger partial charge < -0.3 is 9.88 Å². The molecular formula is C25H25N5O3S. The van der Waals surface area contributed by atoms with Crippen molar-refractivity contribution in [3.05, 3.63) is 77.5 Å². The number of benzene rings is 1. The summed E-state index contributed by atoms with van der Waals surface area (Å²) in [5.74, 6) is 0.558. The average molecular weight is 476 g/mol. The van der Waals surface area contributed by atoms with Gasteiger partial charge in [-0.25, -0.2) is 18.4 Å². The molecule has 0 spiro atoms. The zero-order valence-electron chi connectivity index (χ0n) is 19.0. The van der Waals surface area contributed by atoms with Gasteiger partial charge in [0.05, 0.1) is 28.8 Å². The van der Waals surface area contributed by atoms with Crippen LogP contribution in [0.1, 0.15) is 39.9 Å². The number of imidazole rings is 1. The Morgan fingerprint density at radius 3 is 2.62 bits per heavy atom. The van der Waals surface area contributed by atoms with Crippen LogP contribution in [0, 0.1) is 13.8 Å². The second-order valence-electron chi connectivity index (χ2n) is 8.72. The first-order valence-electron chi connectivity index (χ1n) is 11.1. The van der Waals surface area contributed by atoms with Gasteiger partial charge in [0.15, 0.2) is 15.5 Å². The number of nitrogens with zero attached hydrogens (tertiary/aromatic N) is 4. The highest BCUT2D eigenvalue weighted by atomic mass is 32.2. The molecule has 3 aromatic heterocycles. The van der Waals surface area contributed by atoms with Crippen LogP contribution < -0.4 is 5.32 Å². The number of fused-ring (bicyclic) bond motifs is 1. The number of nitrogens with one attached hydrogen (secondary N) is 1. The molecule has 1 N–H and O–H groups in total. The molecule has 4 aromatic rings. The van der Waals surface area contributed by atoms with Gasteiger partial charge in [0.2, 0.25) is 0 Å². The van der Waals surface area contributed by atoms with Gasteiger partial charge in [-0.05, 0) is 38.0 Å². The van der Waals surface area contributed by atoms with Crippen molar-refractivity contribution >= 4 is 26.8 Å². The summed E-state index contributed by atoms with van der Waals surface area (Å²) >= 11 is 0. The van der Waals surface area contributed by atoms with E-state index in [2.05, 4.69) is 15.3 Å². The van der Waals surface area contributed by atoms with Gasteiger partial charge in [-0.15, -0.1) is 0 Å². The maximum absolute atomic E-state index is 13.3. The van der Waals surface area contributed by atoms with Crippen molar-refractivity contribution < 1.29 is 13.2 Å². The first kappa shape index (κ1) is 22.2. The van der Waals surface area contributed by atoms with Crippen molar-refractivity contribution in [2.75, 3.05) is 11.5 Å². The lowest BCUT2D eigenvalue weighted by Gasteiger charge is -2.15. The molecule has 0 bridgehead atoms. The summed E-state index contributed by atoms with van der Waals surface area (Å²) in [6.45, 7) is 4.16. The topological polar surface area (TPSA) is 107 Å². The molecule has 9 heteroatoms. The van der Waals surface area contributed by atoms with Crippen molar-refractivity contribution in [3.63, 3.8) is 0 Å². The minimum Gasteiger partial charge on any atom is -0.346 e. The molecule has 34 heavy (non-hydrogen) atoms.